The summed E-state index contributed by atoms with van der Waals surface area (Å²) in [4.78, 5) is 36.7. The molecule has 9 aromatic carbocycles. The molecular formula is C120H144Ir3N11O6-3. The van der Waals surface area contributed by atoms with E-state index in [2.05, 4.69) is 208 Å². The molecule has 0 bridgehead atoms. The number of nitrogens with zero attached hydrogens (tertiary/aromatic N) is 11. The molecule has 12 rings (SSSR count). The maximum atomic E-state index is 9.76. The average molecular weight is 2410 g/mol. The zero-order valence-corrected chi connectivity index (χ0v) is 95.7. The molecule has 0 fully saturated rings. The van der Waals surface area contributed by atoms with Crippen LogP contribution < -0.4 is 0 Å². The molecule has 17 nitrogen and oxygen atoms in total. The zero-order valence-electron chi connectivity index (χ0n) is 88.5. The fourth-order valence-electron chi connectivity index (χ4n) is 15.2. The van der Waals surface area contributed by atoms with Gasteiger partial charge >= 0.3 is 0 Å². The van der Waals surface area contributed by atoms with Crippen molar-refractivity contribution in [1.82, 2.24) is 29.9 Å². The van der Waals surface area contributed by atoms with Gasteiger partial charge in [0.25, 0.3) is 0 Å². The number of hydrogen-bond acceptors (Lipinski definition) is 15. The van der Waals surface area contributed by atoms with Gasteiger partial charge in [0.1, 0.15) is 0 Å². The van der Waals surface area contributed by atoms with Gasteiger partial charge in [-0.3, -0.25) is 15.0 Å². The Morgan fingerprint density at radius 2 is 0.636 bits per heavy atom. The summed E-state index contributed by atoms with van der Waals surface area (Å²) in [6.07, 6.45) is 3.98. The molecular weight excluding hydrogens is 2270 g/mol. The number of hydrogen-bond donors (Lipinski definition) is 6. The second kappa shape index (κ2) is 51.4. The predicted octanol–water partition coefficient (Wildman–Crippen LogP) is 28.0. The second-order valence-electron chi connectivity index (χ2n) is 43.5. The number of nitriles is 3. The van der Waals surface area contributed by atoms with Crippen molar-refractivity contribution in [3.63, 3.8) is 0 Å². The Labute approximate surface area is 877 Å². The van der Waals surface area contributed by atoms with Crippen LogP contribution in [0.1, 0.15) is 250 Å². The predicted molar refractivity (Wildman–Crippen MR) is 561 cm³/mol. The Kier molecular flexibility index (Phi) is 44.6. The third kappa shape index (κ3) is 34.3. The van der Waals surface area contributed by atoms with Crippen LogP contribution in [0.15, 0.2) is 146 Å². The molecule has 0 saturated carbocycles. The van der Waals surface area contributed by atoms with Crippen LogP contribution in [-0.4, -0.2) is 97.2 Å². The maximum Gasteiger partial charge on any atom is 0.205 e. The third-order valence-corrected chi connectivity index (χ3v) is 24.7. The van der Waals surface area contributed by atoms with Gasteiger partial charge in [-0.05, 0) is 187 Å². The van der Waals surface area contributed by atoms with Gasteiger partial charge in [-0.1, -0.05) is 256 Å². The van der Waals surface area contributed by atoms with Crippen LogP contribution >= 0.6 is 0 Å². The Morgan fingerprint density at radius 3 is 0.964 bits per heavy atom. The van der Waals surface area contributed by atoms with Crippen LogP contribution in [0.2, 0.25) is 0 Å². The van der Waals surface area contributed by atoms with E-state index in [9.17, 15) is 46.4 Å². The van der Waals surface area contributed by atoms with Gasteiger partial charge in [-0.25, -0.2) is 9.69 Å². The molecule has 6 unspecified atom stereocenters. The fraction of sp³-hybridized carbons (Fsp3) is 0.408. The largest absolute Gasteiger partial charge is 0.392 e. The van der Waals surface area contributed by atoms with Crippen LogP contribution in [0.3, 0.4) is 0 Å². The smallest absolute Gasteiger partial charge is 0.205 e. The minimum absolute atomic E-state index is 0. The molecule has 20 heteroatoms. The van der Waals surface area contributed by atoms with Crippen molar-refractivity contribution in [3.8, 4) is 120 Å². The minimum atomic E-state index is -0.443. The summed E-state index contributed by atoms with van der Waals surface area (Å²) in [5.41, 5.74) is 34.7. The second-order valence-corrected chi connectivity index (χ2v) is 43.5. The Balaban J connectivity index is 0.000000366. The van der Waals surface area contributed by atoms with Gasteiger partial charge in [-0.15, -0.1) is 104 Å². The first-order valence-electron chi connectivity index (χ1n) is 46.8. The Bertz CT molecular complexity index is 6230. The summed E-state index contributed by atoms with van der Waals surface area (Å²) in [6, 6.07) is 58.4. The van der Waals surface area contributed by atoms with E-state index in [1.807, 2.05) is 177 Å². The summed E-state index contributed by atoms with van der Waals surface area (Å²) < 4.78 is 0. The first kappa shape index (κ1) is 122. The molecule has 6 N–H and O–H groups in total. The number of benzene rings is 9. The molecule has 6 atom stereocenters. The van der Waals surface area contributed by atoms with Crippen molar-refractivity contribution in [1.29, 1.82) is 15.8 Å². The summed E-state index contributed by atoms with van der Waals surface area (Å²) in [5.74, 6) is 0. The molecule has 12 aromatic rings. The number of rotatable bonds is 15. The van der Waals surface area contributed by atoms with Crippen molar-refractivity contribution >= 4 is 11.4 Å². The van der Waals surface area contributed by atoms with E-state index in [0.717, 1.165) is 146 Å². The van der Waals surface area contributed by atoms with E-state index in [-0.39, 0.29) is 92.8 Å². The van der Waals surface area contributed by atoms with E-state index in [0.29, 0.717) is 64.3 Å². The minimum Gasteiger partial charge on any atom is -0.392 e. The Hall–Kier alpha value is -10.6. The number of aromatic nitrogens is 6. The molecule has 0 aliphatic carbocycles. The summed E-state index contributed by atoms with van der Waals surface area (Å²) in [5, 5.41) is 86.5. The molecule has 3 heterocycles. The average Bonchev–Trinajstić information content (AvgIpc) is 0.773. The maximum absolute atomic E-state index is 9.76. The molecule has 0 saturated heterocycles. The summed E-state index contributed by atoms with van der Waals surface area (Å²) in [7, 11) is 0. The van der Waals surface area contributed by atoms with Gasteiger partial charge in [0, 0.05) is 126 Å². The molecule has 0 amide bonds. The molecule has 0 aliphatic heterocycles. The van der Waals surface area contributed by atoms with Crippen LogP contribution in [0.4, 0.5) is 11.4 Å². The van der Waals surface area contributed by atoms with Crippen molar-refractivity contribution in [2.24, 2.45) is 32.5 Å². The standard InChI is InChI=1S/C31H30N3.2C28H21N4.3C11H24O2.3Ir/c1-17-11-26(12-18(2)23(17)7)30-31(27-13-19(3)24(8)20(4)14-27)34-28(16-33-30)29-21(5)9-25(15-32)10-22(29)6;1-17-6-18(2)9-23(8-17)27-28(24-10-19(3)7-20(4)11-24)32-26(16-31-27)22-12-21(15-29)13-25(14-22)30-5;1-17-8-18(2)11-23(10-17)27-28(24-12-19(3)9-20(4)13-24)32-26(16-31-27)21-6-7-22(15-29)25(14-21)30-5;3*1-10(2,3)8(12)7-9(13)11(4,5)6;;;/h9-11,13-14,16H,1-8H3;6-8,10-14,16H,1-4H3;6-10,12-14,16H,1-4H3;3*8-9,12-13H,7H2,1-6H3;;;/q3*-1;;;;;;. The van der Waals surface area contributed by atoms with Crippen molar-refractivity contribution in [2.45, 2.75) is 291 Å². The normalized spacial score (nSPS) is 12.6. The number of aliphatic hydroxyl groups is 6. The van der Waals surface area contributed by atoms with Gasteiger partial charge < -0.3 is 45.6 Å². The first-order chi connectivity index (χ1) is 63.5. The van der Waals surface area contributed by atoms with Crippen LogP contribution in [-0.2, 0) is 60.3 Å². The van der Waals surface area contributed by atoms with Crippen LogP contribution in [0.5, 0.6) is 0 Å². The van der Waals surface area contributed by atoms with E-state index < -0.39 is 36.6 Å². The molecule has 3 aromatic heterocycles. The van der Waals surface area contributed by atoms with E-state index >= 15 is 0 Å². The van der Waals surface area contributed by atoms with E-state index in [1.165, 1.54) is 27.8 Å². The van der Waals surface area contributed by atoms with Gasteiger partial charge in [-0.2, -0.15) is 15.8 Å². The topological polar surface area (TPSA) is 279 Å². The number of aliphatic hydroxyl groups excluding tert-OH is 6. The molecule has 0 spiro atoms. The van der Waals surface area contributed by atoms with Gasteiger partial charge in [0.15, 0.2) is 5.69 Å². The molecule has 745 valence electrons. The zero-order chi connectivity index (χ0) is 103. The quantitative estimate of drug-likeness (QED) is 0.0521. The molecule has 140 heavy (non-hydrogen) atoms. The number of aryl methyl sites for hydroxylation is 14. The van der Waals surface area contributed by atoms with Gasteiger partial charge in [0.05, 0.1) is 113 Å². The van der Waals surface area contributed by atoms with E-state index in [1.54, 1.807) is 42.7 Å². The monoisotopic (exact) mass is 2410 g/mol. The molecule has 0 aliphatic rings. The van der Waals surface area contributed by atoms with Crippen molar-refractivity contribution in [3.05, 3.63) is 293 Å². The van der Waals surface area contributed by atoms with Gasteiger partial charge in [0.2, 0.25) is 5.69 Å². The Morgan fingerprint density at radius 1 is 0.314 bits per heavy atom. The summed E-state index contributed by atoms with van der Waals surface area (Å²) in [6.45, 7) is 83.7. The third-order valence-electron chi connectivity index (χ3n) is 24.7. The summed E-state index contributed by atoms with van der Waals surface area (Å²) >= 11 is 0. The first-order valence-corrected chi connectivity index (χ1v) is 46.8. The van der Waals surface area contributed by atoms with Crippen LogP contribution in [0, 0.1) is 209 Å². The van der Waals surface area contributed by atoms with Crippen molar-refractivity contribution < 1.29 is 91.0 Å². The van der Waals surface area contributed by atoms with E-state index in [4.69, 9.17) is 43.0 Å². The van der Waals surface area contributed by atoms with Crippen LogP contribution in [0.25, 0.3) is 111 Å². The SMILES string of the molecule is CC(C)(C)C(O)CC(O)C(C)(C)C.CC(C)(C)C(O)CC(O)C(C)(C)C.CC(C)(C)C(O)CC(O)C(C)(C)C.Cc1[c-]c(-c2ncc(-c3c(C)cc(C#N)cc3C)nc2-c2cc(C)c(C)c(C)c2)cc(C)c1C.[C-]#[N+]c1cc(-c2cnc(-c3[c-]c(C)cc(C)c3)c(-c3cc(C)cc(C)c3)n2)ccc1C#N.[C-]#[N+]c1cc(C#N)cc(-c2cnc(-c3[c-]c(C)cc(C)c3)c(-c3cc(C)cc(C)c3)n2)c1.[Ir].[Ir].[Ir]. The van der Waals surface area contributed by atoms with Crippen molar-refractivity contribution in [2.75, 3.05) is 0 Å². The fourth-order valence-corrected chi connectivity index (χ4v) is 15.2. The molecule has 3 radical (unpaired) electrons.